The molecule has 0 saturated heterocycles. The molecule has 0 bridgehead atoms. The number of hydrogen-bond acceptors (Lipinski definition) is 5. The summed E-state index contributed by atoms with van der Waals surface area (Å²) in [4.78, 5) is 11.9. The van der Waals surface area contributed by atoms with Gasteiger partial charge in [0.25, 0.3) is 15.6 Å². The fraction of sp³-hybridized carbons (Fsp3) is 0.250. The number of anilines is 1. The first-order valence-corrected chi connectivity index (χ1v) is 9.28. The quantitative estimate of drug-likeness (QED) is 0.695. The predicted molar refractivity (Wildman–Crippen MR) is 93.6 cm³/mol. The second-order valence-electron chi connectivity index (χ2n) is 5.32. The zero-order valence-corrected chi connectivity index (χ0v) is 14.6. The molecule has 2 N–H and O–H groups in total. The maximum absolute atomic E-state index is 12.6. The number of hydrogen-bond donors (Lipinski definition) is 2. The van der Waals surface area contributed by atoms with Crippen molar-refractivity contribution in [3.63, 3.8) is 0 Å². The Morgan fingerprint density at radius 3 is 2.60 bits per heavy atom. The van der Waals surface area contributed by atoms with Crippen LogP contribution >= 0.6 is 0 Å². The summed E-state index contributed by atoms with van der Waals surface area (Å²) in [5, 5.41) is 6.30. The minimum absolute atomic E-state index is 0.00501. The number of nitrogens with one attached hydrogen (secondary N) is 2. The van der Waals surface area contributed by atoms with Crippen LogP contribution in [0.15, 0.2) is 46.2 Å². The van der Waals surface area contributed by atoms with E-state index in [9.17, 15) is 13.2 Å². The van der Waals surface area contributed by atoms with E-state index in [-0.39, 0.29) is 10.4 Å². The molecule has 3 rings (SSSR count). The maximum atomic E-state index is 12.6. The Morgan fingerprint density at radius 1 is 1.24 bits per heavy atom. The minimum atomic E-state index is -3.83. The molecule has 2 aromatic heterocycles. The molecular formula is C16H18N4O4S. The topological polar surface area (TPSA) is 106 Å². The maximum Gasteiger partial charge on any atom is 0.288 e. The SMILES string of the molecule is CCOc1ccc(NS(=O)(=O)c2cc3c(=O)[nH]nc(CC)n3c2)cc1. The van der Waals surface area contributed by atoms with Crippen LogP contribution in [0.1, 0.15) is 19.7 Å². The molecule has 3 aromatic rings. The Labute approximate surface area is 144 Å². The van der Waals surface area contributed by atoms with Gasteiger partial charge in [-0.05, 0) is 37.3 Å². The lowest BCUT2D eigenvalue weighted by Gasteiger charge is -2.08. The van der Waals surface area contributed by atoms with Crippen LogP contribution in [0.5, 0.6) is 5.75 Å². The highest BCUT2D eigenvalue weighted by Crippen LogP contribution is 2.21. The second-order valence-corrected chi connectivity index (χ2v) is 7.00. The lowest BCUT2D eigenvalue weighted by molar-refractivity contribution is 0.340. The summed E-state index contributed by atoms with van der Waals surface area (Å²) in [6.07, 6.45) is 1.95. The van der Waals surface area contributed by atoms with E-state index >= 15 is 0 Å². The highest BCUT2D eigenvalue weighted by Gasteiger charge is 2.19. The monoisotopic (exact) mass is 362 g/mol. The summed E-state index contributed by atoms with van der Waals surface area (Å²) in [5.41, 5.74) is 0.195. The molecule has 25 heavy (non-hydrogen) atoms. The average Bonchev–Trinajstić information content (AvgIpc) is 3.04. The number of rotatable bonds is 6. The predicted octanol–water partition coefficient (Wildman–Crippen LogP) is 1.78. The van der Waals surface area contributed by atoms with Crippen molar-refractivity contribution in [2.24, 2.45) is 0 Å². The van der Waals surface area contributed by atoms with Crippen LogP contribution in [0.3, 0.4) is 0 Å². The number of aromatic nitrogens is 3. The molecule has 0 spiro atoms. The van der Waals surface area contributed by atoms with Crippen molar-refractivity contribution in [2.75, 3.05) is 11.3 Å². The molecule has 0 unspecified atom stereocenters. The van der Waals surface area contributed by atoms with Gasteiger partial charge in [0, 0.05) is 18.3 Å². The van der Waals surface area contributed by atoms with Gasteiger partial charge in [-0.1, -0.05) is 6.92 Å². The van der Waals surface area contributed by atoms with Crippen LogP contribution in [-0.2, 0) is 16.4 Å². The Balaban J connectivity index is 1.96. The molecule has 0 saturated carbocycles. The Kier molecular flexibility index (Phi) is 4.49. The van der Waals surface area contributed by atoms with Gasteiger partial charge in [0.05, 0.1) is 6.61 Å². The third-order valence-electron chi connectivity index (χ3n) is 3.64. The summed E-state index contributed by atoms with van der Waals surface area (Å²) in [7, 11) is -3.83. The third kappa shape index (κ3) is 3.36. The van der Waals surface area contributed by atoms with E-state index in [1.807, 2.05) is 13.8 Å². The van der Waals surface area contributed by atoms with Crippen LogP contribution in [0.25, 0.3) is 5.52 Å². The van der Waals surface area contributed by atoms with Crippen LogP contribution < -0.4 is 15.0 Å². The van der Waals surface area contributed by atoms with Gasteiger partial charge in [-0.15, -0.1) is 0 Å². The zero-order valence-electron chi connectivity index (χ0n) is 13.8. The van der Waals surface area contributed by atoms with Gasteiger partial charge in [-0.2, -0.15) is 5.10 Å². The second kappa shape index (κ2) is 6.60. The van der Waals surface area contributed by atoms with Crippen molar-refractivity contribution in [1.29, 1.82) is 0 Å². The van der Waals surface area contributed by atoms with Gasteiger partial charge in [-0.3, -0.25) is 13.9 Å². The van der Waals surface area contributed by atoms with E-state index in [0.717, 1.165) is 0 Å². The van der Waals surface area contributed by atoms with Crippen LogP contribution in [-0.4, -0.2) is 29.6 Å². The molecule has 2 heterocycles. The van der Waals surface area contributed by atoms with Crippen molar-refractivity contribution in [1.82, 2.24) is 14.6 Å². The lowest BCUT2D eigenvalue weighted by Crippen LogP contribution is -2.14. The molecule has 0 fully saturated rings. The summed E-state index contributed by atoms with van der Waals surface area (Å²) in [5.74, 6) is 1.22. The third-order valence-corrected chi connectivity index (χ3v) is 4.98. The summed E-state index contributed by atoms with van der Waals surface area (Å²) < 4.78 is 34.5. The number of H-pyrrole nitrogens is 1. The standard InChI is InChI=1S/C16H18N4O4S/c1-3-15-17-18-16(21)14-9-13(10-20(14)15)25(22,23)19-11-5-7-12(8-6-11)24-4-2/h5-10,19H,3-4H2,1-2H3,(H,18,21). The van der Waals surface area contributed by atoms with Gasteiger partial charge in [-0.25, -0.2) is 13.5 Å². The van der Waals surface area contributed by atoms with E-state index in [2.05, 4.69) is 14.9 Å². The summed E-state index contributed by atoms with van der Waals surface area (Å²) in [6.45, 7) is 4.27. The van der Waals surface area contributed by atoms with Crippen molar-refractivity contribution < 1.29 is 13.2 Å². The number of aryl methyl sites for hydroxylation is 1. The van der Waals surface area contributed by atoms with Crippen molar-refractivity contribution in [3.8, 4) is 5.75 Å². The van der Waals surface area contributed by atoms with Gasteiger partial charge >= 0.3 is 0 Å². The van der Waals surface area contributed by atoms with E-state index < -0.39 is 15.6 Å². The number of benzene rings is 1. The Bertz CT molecular complexity index is 1050. The number of ether oxygens (including phenoxy) is 1. The highest BCUT2D eigenvalue weighted by molar-refractivity contribution is 7.92. The molecule has 0 atom stereocenters. The van der Waals surface area contributed by atoms with E-state index in [4.69, 9.17) is 4.74 Å². The summed E-state index contributed by atoms with van der Waals surface area (Å²) >= 11 is 0. The van der Waals surface area contributed by atoms with Gasteiger partial charge in [0.1, 0.15) is 22.0 Å². The minimum Gasteiger partial charge on any atom is -0.494 e. The fourth-order valence-corrected chi connectivity index (χ4v) is 3.52. The first-order chi connectivity index (χ1) is 11.9. The van der Waals surface area contributed by atoms with Crippen molar-refractivity contribution in [2.45, 2.75) is 25.2 Å². The van der Waals surface area contributed by atoms with E-state index in [1.54, 1.807) is 24.3 Å². The molecule has 0 aliphatic carbocycles. The molecule has 0 radical (unpaired) electrons. The van der Waals surface area contributed by atoms with Crippen LogP contribution in [0.2, 0.25) is 0 Å². The fourth-order valence-electron chi connectivity index (χ4n) is 2.45. The first kappa shape index (κ1) is 17.0. The van der Waals surface area contributed by atoms with Gasteiger partial charge in [0.15, 0.2) is 0 Å². The summed E-state index contributed by atoms with van der Waals surface area (Å²) in [6, 6.07) is 7.92. The average molecular weight is 362 g/mol. The number of aromatic amines is 1. The van der Waals surface area contributed by atoms with Crippen molar-refractivity contribution >= 4 is 21.2 Å². The Hall–Kier alpha value is -2.81. The normalized spacial score (nSPS) is 11.6. The van der Waals surface area contributed by atoms with Crippen molar-refractivity contribution in [3.05, 3.63) is 52.7 Å². The molecular weight excluding hydrogens is 344 g/mol. The largest absolute Gasteiger partial charge is 0.494 e. The number of nitrogens with zero attached hydrogens (tertiary/aromatic N) is 2. The Morgan fingerprint density at radius 2 is 1.96 bits per heavy atom. The smallest absolute Gasteiger partial charge is 0.288 e. The van der Waals surface area contributed by atoms with E-state index in [0.29, 0.717) is 30.3 Å². The number of fused-ring (bicyclic) bond motifs is 1. The van der Waals surface area contributed by atoms with E-state index in [1.165, 1.54) is 16.7 Å². The molecule has 0 aliphatic heterocycles. The van der Waals surface area contributed by atoms with Crippen LogP contribution in [0.4, 0.5) is 5.69 Å². The first-order valence-electron chi connectivity index (χ1n) is 7.80. The molecule has 0 amide bonds. The van der Waals surface area contributed by atoms with Gasteiger partial charge < -0.3 is 4.74 Å². The van der Waals surface area contributed by atoms with Crippen LogP contribution in [0, 0.1) is 0 Å². The molecule has 132 valence electrons. The number of sulfonamides is 1. The highest BCUT2D eigenvalue weighted by atomic mass is 32.2. The molecule has 0 aliphatic rings. The molecule has 8 nitrogen and oxygen atoms in total. The zero-order chi connectivity index (χ0) is 18.0. The molecule has 9 heteroatoms. The van der Waals surface area contributed by atoms with Gasteiger partial charge in [0.2, 0.25) is 0 Å². The molecule has 1 aromatic carbocycles. The lowest BCUT2D eigenvalue weighted by atomic mass is 10.3.